The van der Waals surface area contributed by atoms with Gasteiger partial charge in [0.2, 0.25) is 10.0 Å². The second kappa shape index (κ2) is 7.58. The van der Waals surface area contributed by atoms with Gasteiger partial charge in [0.15, 0.2) is 0 Å². The van der Waals surface area contributed by atoms with E-state index in [4.69, 9.17) is 9.15 Å². The predicted molar refractivity (Wildman–Crippen MR) is 101 cm³/mol. The van der Waals surface area contributed by atoms with E-state index in [0.717, 1.165) is 17.0 Å². The highest BCUT2D eigenvalue weighted by atomic mass is 32.2. The predicted octanol–water partition coefficient (Wildman–Crippen LogP) is 2.98. The summed E-state index contributed by atoms with van der Waals surface area (Å²) in [5, 5.41) is 4.48. The van der Waals surface area contributed by atoms with Crippen LogP contribution in [0.15, 0.2) is 52.0 Å². The van der Waals surface area contributed by atoms with Crippen molar-refractivity contribution in [2.45, 2.75) is 31.7 Å². The normalized spacial score (nSPS) is 12.9. The van der Waals surface area contributed by atoms with E-state index < -0.39 is 16.1 Å². The second-order valence-electron chi connectivity index (χ2n) is 6.41. The largest absolute Gasteiger partial charge is 0.495 e. The van der Waals surface area contributed by atoms with Gasteiger partial charge in [0.1, 0.15) is 22.4 Å². The lowest BCUT2D eigenvalue weighted by Crippen LogP contribution is -2.32. The van der Waals surface area contributed by atoms with E-state index in [1.807, 2.05) is 32.9 Å². The first kappa shape index (κ1) is 19.2. The molecule has 1 unspecified atom stereocenters. The van der Waals surface area contributed by atoms with Gasteiger partial charge in [-0.15, -0.1) is 0 Å². The number of aryl methyl sites for hydroxylation is 3. The van der Waals surface area contributed by atoms with E-state index >= 15 is 0 Å². The Hall–Kier alpha value is -2.58. The van der Waals surface area contributed by atoms with Crippen LogP contribution in [0.4, 0.5) is 0 Å². The molecule has 0 fully saturated rings. The molecule has 3 aromatic rings. The van der Waals surface area contributed by atoms with E-state index in [1.54, 1.807) is 35.2 Å². The minimum Gasteiger partial charge on any atom is -0.495 e. The Morgan fingerprint density at radius 1 is 1.22 bits per heavy atom. The molecule has 3 rings (SSSR count). The smallest absolute Gasteiger partial charge is 0.244 e. The lowest BCUT2D eigenvalue weighted by Gasteiger charge is -2.19. The number of furan rings is 1. The van der Waals surface area contributed by atoms with E-state index in [1.165, 1.54) is 7.11 Å². The van der Waals surface area contributed by atoms with Gasteiger partial charge < -0.3 is 9.15 Å². The van der Waals surface area contributed by atoms with Crippen molar-refractivity contribution in [2.24, 2.45) is 0 Å². The van der Waals surface area contributed by atoms with Crippen LogP contribution in [0.2, 0.25) is 0 Å². The fourth-order valence-electron chi connectivity index (χ4n) is 3.01. The molecule has 1 aromatic carbocycles. The van der Waals surface area contributed by atoms with Crippen molar-refractivity contribution in [2.75, 3.05) is 13.7 Å². The van der Waals surface area contributed by atoms with E-state index in [2.05, 4.69) is 9.82 Å². The molecule has 2 heterocycles. The molecule has 0 saturated carbocycles. The standard InChI is InChI=1S/C19H23N3O4S/c1-13-7-8-18(25-4)19(10-13)27(23,24)20-12-16(17-6-5-9-26-17)22-15(3)11-14(2)21-22/h5-11,16,20H,12H2,1-4H3. The molecular formula is C19H23N3O4S. The SMILES string of the molecule is COc1ccc(C)cc1S(=O)(=O)NCC(c1ccco1)n1nc(C)cc1C. The van der Waals surface area contributed by atoms with Crippen LogP contribution >= 0.6 is 0 Å². The number of aromatic nitrogens is 2. The topological polar surface area (TPSA) is 86.4 Å². The van der Waals surface area contributed by atoms with Crippen LogP contribution in [-0.2, 0) is 10.0 Å². The Morgan fingerprint density at radius 2 is 2.00 bits per heavy atom. The molecule has 0 amide bonds. The summed E-state index contributed by atoms with van der Waals surface area (Å²) in [6.07, 6.45) is 1.56. The number of hydrogen-bond donors (Lipinski definition) is 1. The third-order valence-electron chi connectivity index (χ3n) is 4.29. The molecule has 2 aromatic heterocycles. The van der Waals surface area contributed by atoms with Crippen molar-refractivity contribution in [3.63, 3.8) is 0 Å². The maximum absolute atomic E-state index is 12.9. The average molecular weight is 389 g/mol. The molecule has 7 nitrogen and oxygen atoms in total. The van der Waals surface area contributed by atoms with Gasteiger partial charge in [-0.1, -0.05) is 6.07 Å². The summed E-state index contributed by atoms with van der Waals surface area (Å²) in [6.45, 7) is 5.74. The lowest BCUT2D eigenvalue weighted by atomic mass is 10.2. The van der Waals surface area contributed by atoms with Crippen molar-refractivity contribution in [3.8, 4) is 5.75 Å². The van der Waals surface area contributed by atoms with Crippen LogP contribution in [-0.4, -0.2) is 31.9 Å². The Kier molecular flexibility index (Phi) is 5.38. The van der Waals surface area contributed by atoms with Crippen molar-refractivity contribution >= 4 is 10.0 Å². The Balaban J connectivity index is 1.92. The molecule has 8 heteroatoms. The fraction of sp³-hybridized carbons (Fsp3) is 0.316. The van der Waals surface area contributed by atoms with Gasteiger partial charge in [-0.25, -0.2) is 13.1 Å². The number of methoxy groups -OCH3 is 1. The zero-order chi connectivity index (χ0) is 19.6. The monoisotopic (exact) mass is 389 g/mol. The van der Waals surface area contributed by atoms with Gasteiger partial charge in [-0.05, 0) is 56.7 Å². The summed E-state index contributed by atoms with van der Waals surface area (Å²) in [6, 6.07) is 10.2. The summed E-state index contributed by atoms with van der Waals surface area (Å²) in [5.74, 6) is 0.925. The average Bonchev–Trinajstić information content (AvgIpc) is 3.25. The second-order valence-corrected chi connectivity index (χ2v) is 8.14. The first-order valence-electron chi connectivity index (χ1n) is 8.52. The molecule has 0 aliphatic carbocycles. The van der Waals surface area contributed by atoms with Gasteiger partial charge in [0.25, 0.3) is 0 Å². The minimum absolute atomic E-state index is 0.0922. The molecule has 0 radical (unpaired) electrons. The molecular weight excluding hydrogens is 366 g/mol. The summed E-state index contributed by atoms with van der Waals surface area (Å²) in [5.41, 5.74) is 2.60. The van der Waals surface area contributed by atoms with Crippen molar-refractivity contribution < 1.29 is 17.6 Å². The van der Waals surface area contributed by atoms with Crippen LogP contribution in [0.25, 0.3) is 0 Å². The molecule has 144 valence electrons. The maximum Gasteiger partial charge on any atom is 0.244 e. The first-order chi connectivity index (χ1) is 12.8. The highest BCUT2D eigenvalue weighted by Crippen LogP contribution is 2.26. The number of nitrogens with one attached hydrogen (secondary N) is 1. The molecule has 0 saturated heterocycles. The van der Waals surface area contributed by atoms with Gasteiger partial charge in [0.05, 0.1) is 19.1 Å². The first-order valence-corrected chi connectivity index (χ1v) is 10.0. The van der Waals surface area contributed by atoms with Gasteiger partial charge in [-0.2, -0.15) is 5.10 Å². The Bertz CT molecular complexity index is 1020. The van der Waals surface area contributed by atoms with Crippen LogP contribution < -0.4 is 9.46 Å². The number of rotatable bonds is 7. The van der Waals surface area contributed by atoms with E-state index in [-0.39, 0.29) is 11.4 Å². The Labute approximate surface area is 159 Å². The third kappa shape index (κ3) is 4.06. The lowest BCUT2D eigenvalue weighted by molar-refractivity contribution is 0.393. The fourth-order valence-corrected chi connectivity index (χ4v) is 4.30. The number of nitrogens with zero attached hydrogens (tertiary/aromatic N) is 2. The number of hydrogen-bond acceptors (Lipinski definition) is 5. The van der Waals surface area contributed by atoms with Crippen LogP contribution in [0.5, 0.6) is 5.75 Å². The minimum atomic E-state index is -3.78. The quantitative estimate of drug-likeness (QED) is 0.671. The zero-order valence-corrected chi connectivity index (χ0v) is 16.6. The van der Waals surface area contributed by atoms with Gasteiger partial charge >= 0.3 is 0 Å². The summed E-state index contributed by atoms with van der Waals surface area (Å²) < 4.78 is 41.0. The maximum atomic E-state index is 12.9. The number of ether oxygens (including phenoxy) is 1. The van der Waals surface area contributed by atoms with Crippen molar-refractivity contribution in [1.82, 2.24) is 14.5 Å². The molecule has 0 bridgehead atoms. The highest BCUT2D eigenvalue weighted by Gasteiger charge is 2.25. The van der Waals surface area contributed by atoms with Gasteiger partial charge in [0, 0.05) is 12.2 Å². The molecule has 27 heavy (non-hydrogen) atoms. The van der Waals surface area contributed by atoms with Crippen LogP contribution in [0.3, 0.4) is 0 Å². The number of sulfonamides is 1. The van der Waals surface area contributed by atoms with Gasteiger partial charge in [-0.3, -0.25) is 4.68 Å². The number of benzene rings is 1. The van der Waals surface area contributed by atoms with Crippen LogP contribution in [0.1, 0.15) is 28.8 Å². The molecule has 0 spiro atoms. The summed E-state index contributed by atoms with van der Waals surface area (Å²) in [7, 11) is -2.33. The third-order valence-corrected chi connectivity index (χ3v) is 5.73. The summed E-state index contributed by atoms with van der Waals surface area (Å²) >= 11 is 0. The molecule has 1 N–H and O–H groups in total. The van der Waals surface area contributed by atoms with Crippen LogP contribution in [0, 0.1) is 20.8 Å². The van der Waals surface area contributed by atoms with Crippen molar-refractivity contribution in [3.05, 3.63) is 65.4 Å². The molecule has 1 atom stereocenters. The molecule has 0 aliphatic rings. The summed E-state index contributed by atoms with van der Waals surface area (Å²) in [4.78, 5) is 0.108. The van der Waals surface area contributed by atoms with E-state index in [9.17, 15) is 8.42 Å². The van der Waals surface area contributed by atoms with Crippen molar-refractivity contribution in [1.29, 1.82) is 0 Å². The molecule has 0 aliphatic heterocycles. The van der Waals surface area contributed by atoms with E-state index in [0.29, 0.717) is 11.5 Å². The zero-order valence-electron chi connectivity index (χ0n) is 15.8. The Morgan fingerprint density at radius 3 is 2.59 bits per heavy atom. The highest BCUT2D eigenvalue weighted by molar-refractivity contribution is 7.89.